The van der Waals surface area contributed by atoms with Crippen LogP contribution in [0.4, 0.5) is 4.79 Å². The molecular formula is C17H21N3O4. The summed E-state index contributed by atoms with van der Waals surface area (Å²) in [5.74, 6) is -0.869. The first-order valence-corrected chi connectivity index (χ1v) is 8.14. The van der Waals surface area contributed by atoms with Crippen molar-refractivity contribution in [2.24, 2.45) is 0 Å². The van der Waals surface area contributed by atoms with Gasteiger partial charge in [0.1, 0.15) is 12.6 Å². The molecule has 24 heavy (non-hydrogen) atoms. The second kappa shape index (κ2) is 7.00. The monoisotopic (exact) mass is 331 g/mol. The molecule has 2 saturated heterocycles. The minimum absolute atomic E-state index is 0.229. The van der Waals surface area contributed by atoms with Gasteiger partial charge in [-0.25, -0.2) is 4.79 Å². The summed E-state index contributed by atoms with van der Waals surface area (Å²) in [4.78, 5) is 41.2. The highest BCUT2D eigenvalue weighted by atomic mass is 16.5. The fourth-order valence-corrected chi connectivity index (χ4v) is 3.18. The summed E-state index contributed by atoms with van der Waals surface area (Å²) in [5.41, 5.74) is 1.17. The molecular weight excluding hydrogens is 310 g/mol. The first-order chi connectivity index (χ1) is 11.6. The van der Waals surface area contributed by atoms with E-state index in [-0.39, 0.29) is 19.1 Å². The van der Waals surface area contributed by atoms with Crippen molar-refractivity contribution in [1.29, 1.82) is 0 Å². The molecule has 0 bridgehead atoms. The molecule has 3 rings (SSSR count). The summed E-state index contributed by atoms with van der Waals surface area (Å²) in [6.45, 7) is 4.03. The van der Waals surface area contributed by atoms with Gasteiger partial charge in [0.2, 0.25) is 0 Å². The fraction of sp³-hybridized carbons (Fsp3) is 0.471. The van der Waals surface area contributed by atoms with Crippen molar-refractivity contribution in [3.63, 3.8) is 0 Å². The number of imide groups is 1. The van der Waals surface area contributed by atoms with E-state index in [0.717, 1.165) is 11.4 Å². The Hall–Kier alpha value is -2.41. The zero-order valence-corrected chi connectivity index (χ0v) is 13.7. The van der Waals surface area contributed by atoms with Gasteiger partial charge in [0.25, 0.3) is 5.91 Å². The van der Waals surface area contributed by atoms with Crippen LogP contribution in [0, 0.1) is 0 Å². The molecule has 2 aliphatic rings. The van der Waals surface area contributed by atoms with E-state index in [0.29, 0.717) is 19.6 Å². The Balaban J connectivity index is 1.65. The summed E-state index contributed by atoms with van der Waals surface area (Å²) in [7, 11) is 0. The normalized spacial score (nSPS) is 21.1. The molecule has 1 aromatic rings. The number of fused-ring (bicyclic) bond motifs is 1. The summed E-state index contributed by atoms with van der Waals surface area (Å²) in [5, 5.41) is 0. The molecule has 0 saturated carbocycles. The van der Waals surface area contributed by atoms with Crippen molar-refractivity contribution in [3.05, 3.63) is 35.9 Å². The maximum absolute atomic E-state index is 12.5. The first kappa shape index (κ1) is 16.4. The zero-order chi connectivity index (χ0) is 17.1. The average Bonchev–Trinajstić information content (AvgIpc) is 2.81. The highest BCUT2D eigenvalue weighted by Gasteiger charge is 2.48. The van der Waals surface area contributed by atoms with Gasteiger partial charge in [-0.2, -0.15) is 0 Å². The smallest absolute Gasteiger partial charge is 0.328 e. The topological polar surface area (TPSA) is 70.2 Å². The van der Waals surface area contributed by atoms with E-state index in [1.807, 2.05) is 30.3 Å². The number of benzene rings is 1. The molecule has 1 aromatic carbocycles. The van der Waals surface area contributed by atoms with Crippen LogP contribution in [0.5, 0.6) is 0 Å². The fourth-order valence-electron chi connectivity index (χ4n) is 3.18. The summed E-state index contributed by atoms with van der Waals surface area (Å²) < 4.78 is 4.84. The van der Waals surface area contributed by atoms with Crippen molar-refractivity contribution in [1.82, 2.24) is 14.7 Å². The minimum Gasteiger partial charge on any atom is -0.465 e. The highest BCUT2D eigenvalue weighted by Crippen LogP contribution is 2.23. The van der Waals surface area contributed by atoms with Crippen LogP contribution in [-0.2, 0) is 20.9 Å². The Labute approximate surface area is 140 Å². The average molecular weight is 331 g/mol. The lowest BCUT2D eigenvalue weighted by Gasteiger charge is -2.35. The third-order valence-corrected chi connectivity index (χ3v) is 4.33. The third-order valence-electron chi connectivity index (χ3n) is 4.33. The Kier molecular flexibility index (Phi) is 4.80. The van der Waals surface area contributed by atoms with Crippen molar-refractivity contribution < 1.29 is 19.1 Å². The molecule has 7 heteroatoms. The standard InChI is InChI=1S/C17H21N3O4/c1-2-24-15(21)12-20-16(22)14-11-18(8-9-19(14)17(20)23)10-13-6-4-3-5-7-13/h3-7,14H,2,8-12H2,1H3. The van der Waals surface area contributed by atoms with Crippen LogP contribution in [0.1, 0.15) is 12.5 Å². The molecule has 0 spiro atoms. The van der Waals surface area contributed by atoms with Crippen LogP contribution in [-0.4, -0.2) is 71.4 Å². The first-order valence-electron chi connectivity index (χ1n) is 8.14. The van der Waals surface area contributed by atoms with E-state index < -0.39 is 18.0 Å². The predicted molar refractivity (Wildman–Crippen MR) is 86.0 cm³/mol. The van der Waals surface area contributed by atoms with Crippen LogP contribution in [0.3, 0.4) is 0 Å². The Morgan fingerprint density at radius 3 is 2.67 bits per heavy atom. The molecule has 3 amide bonds. The van der Waals surface area contributed by atoms with E-state index in [4.69, 9.17) is 4.74 Å². The number of hydrogen-bond acceptors (Lipinski definition) is 5. The predicted octanol–water partition coefficient (Wildman–Crippen LogP) is 0.698. The molecule has 2 heterocycles. The van der Waals surface area contributed by atoms with Crippen LogP contribution < -0.4 is 0 Å². The quantitative estimate of drug-likeness (QED) is 0.587. The van der Waals surface area contributed by atoms with Crippen molar-refractivity contribution in [2.45, 2.75) is 19.5 Å². The lowest BCUT2D eigenvalue weighted by atomic mass is 10.1. The van der Waals surface area contributed by atoms with Crippen molar-refractivity contribution >= 4 is 17.9 Å². The van der Waals surface area contributed by atoms with Gasteiger partial charge in [-0.15, -0.1) is 0 Å². The van der Waals surface area contributed by atoms with Crippen LogP contribution >= 0.6 is 0 Å². The lowest BCUT2D eigenvalue weighted by molar-refractivity contribution is -0.146. The number of hydrogen-bond donors (Lipinski definition) is 0. The molecule has 1 atom stereocenters. The molecule has 1 unspecified atom stereocenters. The Bertz CT molecular complexity index is 634. The second-order valence-corrected chi connectivity index (χ2v) is 5.94. The van der Waals surface area contributed by atoms with Crippen molar-refractivity contribution in [2.75, 3.05) is 32.8 Å². The number of rotatable bonds is 5. The molecule has 128 valence electrons. The van der Waals surface area contributed by atoms with E-state index in [2.05, 4.69) is 4.90 Å². The number of carbonyl (C=O) groups excluding carboxylic acids is 3. The molecule has 0 aromatic heterocycles. The van der Waals surface area contributed by atoms with Gasteiger partial charge in [-0.3, -0.25) is 19.4 Å². The largest absolute Gasteiger partial charge is 0.465 e. The number of ether oxygens (including phenoxy) is 1. The molecule has 0 aliphatic carbocycles. The lowest BCUT2D eigenvalue weighted by Crippen LogP contribution is -2.52. The second-order valence-electron chi connectivity index (χ2n) is 5.94. The number of amides is 3. The van der Waals surface area contributed by atoms with Crippen LogP contribution in [0.15, 0.2) is 30.3 Å². The van der Waals surface area contributed by atoms with Gasteiger partial charge in [-0.05, 0) is 12.5 Å². The highest BCUT2D eigenvalue weighted by molar-refractivity contribution is 6.06. The van der Waals surface area contributed by atoms with E-state index in [1.165, 1.54) is 5.56 Å². The Morgan fingerprint density at radius 1 is 1.21 bits per heavy atom. The summed E-state index contributed by atoms with van der Waals surface area (Å²) >= 11 is 0. The van der Waals surface area contributed by atoms with Gasteiger partial charge in [0.05, 0.1) is 6.61 Å². The van der Waals surface area contributed by atoms with Gasteiger partial charge in [0.15, 0.2) is 0 Å². The van der Waals surface area contributed by atoms with Gasteiger partial charge >= 0.3 is 12.0 Å². The van der Waals surface area contributed by atoms with E-state index in [9.17, 15) is 14.4 Å². The van der Waals surface area contributed by atoms with Gasteiger partial charge in [-0.1, -0.05) is 30.3 Å². The third kappa shape index (κ3) is 3.26. The molecule has 7 nitrogen and oxygen atoms in total. The zero-order valence-electron chi connectivity index (χ0n) is 13.7. The van der Waals surface area contributed by atoms with Crippen LogP contribution in [0.2, 0.25) is 0 Å². The van der Waals surface area contributed by atoms with Crippen LogP contribution in [0.25, 0.3) is 0 Å². The van der Waals surface area contributed by atoms with Gasteiger partial charge in [0, 0.05) is 26.2 Å². The van der Waals surface area contributed by atoms with Gasteiger partial charge < -0.3 is 9.64 Å². The molecule has 2 fully saturated rings. The number of carbonyl (C=O) groups is 3. The Morgan fingerprint density at radius 2 is 1.96 bits per heavy atom. The molecule has 2 aliphatic heterocycles. The molecule has 0 N–H and O–H groups in total. The minimum atomic E-state index is -0.555. The van der Waals surface area contributed by atoms with E-state index >= 15 is 0 Å². The van der Waals surface area contributed by atoms with Crippen molar-refractivity contribution in [3.8, 4) is 0 Å². The number of esters is 1. The number of piperazine rings is 1. The summed E-state index contributed by atoms with van der Waals surface area (Å²) in [6.07, 6.45) is 0. The number of nitrogens with zero attached hydrogens (tertiary/aromatic N) is 3. The maximum atomic E-state index is 12.5. The molecule has 0 radical (unpaired) electrons. The maximum Gasteiger partial charge on any atom is 0.328 e. The van der Waals surface area contributed by atoms with E-state index in [1.54, 1.807) is 11.8 Å². The SMILES string of the molecule is CCOC(=O)CN1C(=O)C2CN(Cc3ccccc3)CCN2C1=O. The summed E-state index contributed by atoms with van der Waals surface area (Å²) in [6, 6.07) is 9.12. The number of urea groups is 1.